The zero-order valence-corrected chi connectivity index (χ0v) is 16.7. The van der Waals surface area contributed by atoms with Crippen molar-refractivity contribution < 1.29 is 14.8 Å². The molecule has 27 heavy (non-hydrogen) atoms. The average molecular weight is 369 g/mol. The van der Waals surface area contributed by atoms with Crippen molar-refractivity contribution in [1.82, 2.24) is 5.43 Å². The molecule has 0 fully saturated rings. The van der Waals surface area contributed by atoms with Crippen LogP contribution in [0.5, 0.6) is 5.75 Å². The van der Waals surface area contributed by atoms with Crippen LogP contribution in [-0.2, 0) is 13.0 Å². The number of hydrazone groups is 1. The molecule has 0 aliphatic carbocycles. The molecule has 1 amide bonds. The van der Waals surface area contributed by atoms with Crippen molar-refractivity contribution in [3.63, 3.8) is 0 Å². The van der Waals surface area contributed by atoms with Crippen LogP contribution in [0.25, 0.3) is 0 Å². The van der Waals surface area contributed by atoms with E-state index in [1.165, 1.54) is 10.5 Å². The number of hydrogen-bond acceptors (Lipinski definition) is 3. The van der Waals surface area contributed by atoms with Gasteiger partial charge in [0.1, 0.15) is 12.3 Å². The minimum Gasteiger partial charge on any atom is -0.507 e. The molecule has 144 valence electrons. The number of phenolic OH excluding ortho intramolecular Hbond substituents is 1. The van der Waals surface area contributed by atoms with E-state index in [0.717, 1.165) is 37.2 Å². The van der Waals surface area contributed by atoms with Crippen LogP contribution in [0.2, 0.25) is 0 Å². The first-order chi connectivity index (χ1) is 13.0. The summed E-state index contributed by atoms with van der Waals surface area (Å²) < 4.78 is 0. The second kappa shape index (κ2) is 9.88. The van der Waals surface area contributed by atoms with Crippen LogP contribution in [0, 0.1) is 0 Å². The summed E-state index contributed by atoms with van der Waals surface area (Å²) in [5.41, 5.74) is 6.86. The molecule has 0 bridgehead atoms. The van der Waals surface area contributed by atoms with Crippen LogP contribution in [0.1, 0.15) is 54.7 Å². The second-order valence-corrected chi connectivity index (χ2v) is 6.67. The Balaban J connectivity index is 2.11. The Hall–Kier alpha value is -2.66. The van der Waals surface area contributed by atoms with E-state index in [1.807, 2.05) is 43.3 Å². The smallest absolute Gasteiger partial charge is 0.271 e. The van der Waals surface area contributed by atoms with Gasteiger partial charge in [-0.25, -0.2) is 5.43 Å². The standard InChI is InChI=1S/C22H29N3O2/c1-5-17-8-10-18(11-9-17)22(27)24-23-16(4)19-12-13-21(26)20(14-19)15-25(6-2)7-3/h8-14,26H,5-7,15H2,1-4H3,(H,24,27)/p+1/b23-16+. The molecule has 0 aliphatic rings. The van der Waals surface area contributed by atoms with Gasteiger partial charge in [0.25, 0.3) is 5.91 Å². The van der Waals surface area contributed by atoms with Gasteiger partial charge < -0.3 is 10.0 Å². The number of carbonyl (C=O) groups excluding carboxylic acids is 1. The molecular weight excluding hydrogens is 338 g/mol. The highest BCUT2D eigenvalue weighted by molar-refractivity contribution is 6.01. The minimum atomic E-state index is -0.233. The first kappa shape index (κ1) is 20.6. The van der Waals surface area contributed by atoms with E-state index in [9.17, 15) is 9.90 Å². The topological polar surface area (TPSA) is 66.1 Å². The molecule has 3 N–H and O–H groups in total. The highest BCUT2D eigenvalue weighted by Gasteiger charge is 2.11. The maximum absolute atomic E-state index is 12.3. The normalized spacial score (nSPS) is 11.7. The lowest BCUT2D eigenvalue weighted by Crippen LogP contribution is -3.10. The number of benzene rings is 2. The van der Waals surface area contributed by atoms with Crippen LogP contribution in [-0.4, -0.2) is 29.8 Å². The maximum atomic E-state index is 12.3. The molecule has 5 heteroatoms. The first-order valence-electron chi connectivity index (χ1n) is 9.57. The van der Waals surface area contributed by atoms with Crippen LogP contribution in [0.3, 0.4) is 0 Å². The van der Waals surface area contributed by atoms with E-state index in [-0.39, 0.29) is 5.91 Å². The van der Waals surface area contributed by atoms with Gasteiger partial charge in [-0.3, -0.25) is 4.79 Å². The fourth-order valence-corrected chi connectivity index (χ4v) is 2.88. The third-order valence-corrected chi connectivity index (χ3v) is 4.89. The Bertz CT molecular complexity index is 794. The predicted molar refractivity (Wildman–Crippen MR) is 109 cm³/mol. The van der Waals surface area contributed by atoms with Crippen LogP contribution >= 0.6 is 0 Å². The van der Waals surface area contributed by atoms with E-state index in [2.05, 4.69) is 31.3 Å². The average Bonchev–Trinajstić information content (AvgIpc) is 2.71. The van der Waals surface area contributed by atoms with Gasteiger partial charge in [-0.1, -0.05) is 19.1 Å². The zero-order valence-electron chi connectivity index (χ0n) is 16.7. The largest absolute Gasteiger partial charge is 0.507 e. The molecule has 0 heterocycles. The summed E-state index contributed by atoms with van der Waals surface area (Å²) in [6.45, 7) is 11.0. The van der Waals surface area contributed by atoms with Crippen molar-refractivity contribution in [2.24, 2.45) is 5.10 Å². The molecule has 0 radical (unpaired) electrons. The molecule has 2 aromatic carbocycles. The van der Waals surface area contributed by atoms with Gasteiger partial charge in [-0.15, -0.1) is 0 Å². The number of aryl methyl sites for hydroxylation is 1. The Morgan fingerprint density at radius 2 is 1.67 bits per heavy atom. The van der Waals surface area contributed by atoms with Crippen LogP contribution in [0.15, 0.2) is 47.6 Å². The summed E-state index contributed by atoms with van der Waals surface area (Å²) in [4.78, 5) is 13.7. The monoisotopic (exact) mass is 368 g/mol. The van der Waals surface area contributed by atoms with Crippen molar-refractivity contribution in [2.45, 2.75) is 40.7 Å². The Labute approximate surface area is 161 Å². The minimum absolute atomic E-state index is 0.233. The lowest BCUT2D eigenvalue weighted by atomic mass is 10.1. The summed E-state index contributed by atoms with van der Waals surface area (Å²) in [5, 5.41) is 14.4. The summed E-state index contributed by atoms with van der Waals surface area (Å²) >= 11 is 0. The molecular formula is C22H30N3O2+. The summed E-state index contributed by atoms with van der Waals surface area (Å²) in [5.74, 6) is 0.0644. The number of phenols is 1. The molecule has 0 aliphatic heterocycles. The van der Waals surface area contributed by atoms with Crippen molar-refractivity contribution in [3.05, 3.63) is 64.7 Å². The summed E-state index contributed by atoms with van der Waals surface area (Å²) in [6, 6.07) is 13.0. The molecule has 2 rings (SSSR count). The summed E-state index contributed by atoms with van der Waals surface area (Å²) in [7, 11) is 0. The van der Waals surface area contributed by atoms with Crippen LogP contribution in [0.4, 0.5) is 0 Å². The Kier molecular flexibility index (Phi) is 7.55. The summed E-state index contributed by atoms with van der Waals surface area (Å²) in [6.07, 6.45) is 0.942. The van der Waals surface area contributed by atoms with E-state index in [4.69, 9.17) is 0 Å². The highest BCUT2D eigenvalue weighted by atomic mass is 16.3. The van der Waals surface area contributed by atoms with Gasteiger partial charge in [0.05, 0.1) is 18.8 Å². The molecule has 2 aromatic rings. The molecule has 0 unspecified atom stereocenters. The lowest BCUT2D eigenvalue weighted by Gasteiger charge is -2.16. The molecule has 0 saturated carbocycles. The number of nitrogens with zero attached hydrogens (tertiary/aromatic N) is 1. The van der Waals surface area contributed by atoms with Crippen molar-refractivity contribution >= 4 is 11.6 Å². The van der Waals surface area contributed by atoms with E-state index < -0.39 is 0 Å². The Morgan fingerprint density at radius 3 is 2.26 bits per heavy atom. The molecule has 0 atom stereocenters. The van der Waals surface area contributed by atoms with Crippen molar-refractivity contribution in [3.8, 4) is 5.75 Å². The molecule has 0 spiro atoms. The van der Waals surface area contributed by atoms with Gasteiger partial charge in [-0.05, 0) is 68.7 Å². The number of quaternary nitrogens is 1. The number of nitrogens with one attached hydrogen (secondary N) is 2. The maximum Gasteiger partial charge on any atom is 0.271 e. The lowest BCUT2D eigenvalue weighted by molar-refractivity contribution is -0.910. The van der Waals surface area contributed by atoms with Gasteiger partial charge >= 0.3 is 0 Å². The van der Waals surface area contributed by atoms with Crippen molar-refractivity contribution in [2.75, 3.05) is 13.1 Å². The number of rotatable bonds is 8. The fraction of sp³-hybridized carbons (Fsp3) is 0.364. The SMILES string of the molecule is CCc1ccc(C(=O)N/N=C(\C)c2ccc(O)c(C[NH+](CC)CC)c2)cc1. The number of aromatic hydroxyl groups is 1. The predicted octanol–water partition coefficient (Wildman–Crippen LogP) is 2.53. The first-order valence-corrected chi connectivity index (χ1v) is 9.57. The van der Waals surface area contributed by atoms with Gasteiger partial charge in [0, 0.05) is 11.1 Å². The zero-order chi connectivity index (χ0) is 19.8. The van der Waals surface area contributed by atoms with E-state index in [0.29, 0.717) is 17.0 Å². The van der Waals surface area contributed by atoms with Gasteiger partial charge in [-0.2, -0.15) is 5.10 Å². The van der Waals surface area contributed by atoms with Crippen molar-refractivity contribution in [1.29, 1.82) is 0 Å². The second-order valence-electron chi connectivity index (χ2n) is 6.67. The van der Waals surface area contributed by atoms with Crippen LogP contribution < -0.4 is 10.3 Å². The fourth-order valence-electron chi connectivity index (χ4n) is 2.88. The Morgan fingerprint density at radius 1 is 1.04 bits per heavy atom. The highest BCUT2D eigenvalue weighted by Crippen LogP contribution is 2.18. The van der Waals surface area contributed by atoms with Gasteiger partial charge in [0.2, 0.25) is 0 Å². The molecule has 5 nitrogen and oxygen atoms in total. The third kappa shape index (κ3) is 5.66. The molecule has 0 aromatic heterocycles. The van der Waals surface area contributed by atoms with E-state index in [1.54, 1.807) is 6.07 Å². The number of hydrogen-bond donors (Lipinski definition) is 3. The number of amides is 1. The molecule has 0 saturated heterocycles. The quantitative estimate of drug-likeness (QED) is 0.495. The number of carbonyl (C=O) groups is 1. The van der Waals surface area contributed by atoms with Gasteiger partial charge in [0.15, 0.2) is 0 Å². The third-order valence-electron chi connectivity index (χ3n) is 4.89. The van der Waals surface area contributed by atoms with E-state index >= 15 is 0 Å².